The first-order chi connectivity index (χ1) is 7.08. The van der Waals surface area contributed by atoms with E-state index in [0.717, 1.165) is 5.56 Å². The van der Waals surface area contributed by atoms with Crippen LogP contribution in [0.15, 0.2) is 30.3 Å². The van der Waals surface area contributed by atoms with Gasteiger partial charge in [0.05, 0.1) is 18.7 Å². The largest absolute Gasteiger partial charge is 0.480 e. The summed E-state index contributed by atoms with van der Waals surface area (Å²) < 4.78 is 0. The van der Waals surface area contributed by atoms with E-state index in [1.165, 1.54) is 0 Å². The average Bonchev–Trinajstić information content (AvgIpc) is 2.27. The Labute approximate surface area is 88.6 Å². The van der Waals surface area contributed by atoms with Gasteiger partial charge in [0.25, 0.3) is 0 Å². The summed E-state index contributed by atoms with van der Waals surface area (Å²) in [4.78, 5) is 10.4. The number of benzene rings is 1. The minimum Gasteiger partial charge on any atom is -0.480 e. The molecule has 0 fully saturated rings. The highest BCUT2D eigenvalue weighted by Crippen LogP contribution is 2.19. The van der Waals surface area contributed by atoms with Gasteiger partial charge in [-0.1, -0.05) is 30.3 Å². The normalized spacial score (nSPS) is 14.5. The van der Waals surface area contributed by atoms with Gasteiger partial charge in [0.2, 0.25) is 0 Å². The smallest absolute Gasteiger partial charge is 0.317 e. The van der Waals surface area contributed by atoms with Gasteiger partial charge in [0, 0.05) is 0 Å². The molecule has 1 rings (SSSR count). The van der Waals surface area contributed by atoms with Gasteiger partial charge in [-0.25, -0.2) is 0 Å². The van der Waals surface area contributed by atoms with Crippen molar-refractivity contribution in [3.05, 3.63) is 35.9 Å². The van der Waals surface area contributed by atoms with E-state index in [0.29, 0.717) is 0 Å². The minimum atomic E-state index is -0.939. The van der Waals surface area contributed by atoms with Gasteiger partial charge in [0.15, 0.2) is 0 Å². The molecule has 0 saturated carbocycles. The van der Waals surface area contributed by atoms with Crippen LogP contribution in [0.2, 0.25) is 0 Å². The van der Waals surface area contributed by atoms with Gasteiger partial charge < -0.3 is 10.2 Å². The molecule has 0 bridgehead atoms. The molecule has 4 nitrogen and oxygen atoms in total. The summed E-state index contributed by atoms with van der Waals surface area (Å²) in [6.45, 7) is 1.45. The fraction of sp³-hybridized carbons (Fsp3) is 0.364. The predicted octanol–water partition coefficient (Wildman–Crippen LogP) is 0.568. The van der Waals surface area contributed by atoms with Crippen molar-refractivity contribution in [3.63, 3.8) is 0 Å². The molecule has 0 aromatic heterocycles. The summed E-state index contributed by atoms with van der Waals surface area (Å²) in [5.74, 6) is -0.939. The summed E-state index contributed by atoms with van der Waals surface area (Å²) >= 11 is 0. The molecule has 0 aliphatic rings. The molecule has 0 saturated heterocycles. The molecule has 0 aliphatic carbocycles. The number of hydrogen-bond acceptors (Lipinski definition) is 3. The van der Waals surface area contributed by atoms with Crippen LogP contribution in [0, 0.1) is 0 Å². The number of hydrogen-bond donors (Lipinski definition) is 3. The van der Waals surface area contributed by atoms with E-state index in [2.05, 4.69) is 5.32 Å². The summed E-state index contributed by atoms with van der Waals surface area (Å²) in [5, 5.41) is 20.7. The predicted molar refractivity (Wildman–Crippen MR) is 56.5 cm³/mol. The van der Waals surface area contributed by atoms with Crippen LogP contribution in [-0.4, -0.2) is 29.3 Å². The van der Waals surface area contributed by atoms with E-state index in [1.54, 1.807) is 6.92 Å². The first-order valence-corrected chi connectivity index (χ1v) is 4.72. The van der Waals surface area contributed by atoms with Crippen molar-refractivity contribution in [2.45, 2.75) is 12.5 Å². The van der Waals surface area contributed by atoms with Crippen LogP contribution >= 0.6 is 0 Å². The van der Waals surface area contributed by atoms with Crippen LogP contribution in [0.25, 0.3) is 0 Å². The van der Waals surface area contributed by atoms with Crippen LogP contribution < -0.4 is 5.32 Å². The van der Waals surface area contributed by atoms with E-state index < -0.39 is 11.5 Å². The lowest BCUT2D eigenvalue weighted by molar-refractivity contribution is -0.136. The molecule has 3 N–H and O–H groups in total. The van der Waals surface area contributed by atoms with E-state index in [9.17, 15) is 9.90 Å². The monoisotopic (exact) mass is 209 g/mol. The summed E-state index contributed by atoms with van der Waals surface area (Å²) in [7, 11) is 0. The Hall–Kier alpha value is -1.39. The quantitative estimate of drug-likeness (QED) is 0.663. The first kappa shape index (κ1) is 11.7. The number of carboxylic acid groups (broad SMARTS) is 1. The Morgan fingerprint density at radius 3 is 2.47 bits per heavy atom. The first-order valence-electron chi connectivity index (χ1n) is 4.72. The molecule has 0 radical (unpaired) electrons. The molecule has 4 heteroatoms. The second kappa shape index (κ2) is 4.91. The van der Waals surface area contributed by atoms with Gasteiger partial charge in [0.1, 0.15) is 0 Å². The average molecular weight is 209 g/mol. The maximum atomic E-state index is 10.4. The lowest BCUT2D eigenvalue weighted by Crippen LogP contribution is -2.45. The Bertz CT molecular complexity index is 326. The highest BCUT2D eigenvalue weighted by Gasteiger charge is 2.25. The molecular formula is C11H15NO3. The van der Waals surface area contributed by atoms with E-state index >= 15 is 0 Å². The molecule has 1 aromatic rings. The van der Waals surface area contributed by atoms with Crippen LogP contribution in [0.4, 0.5) is 0 Å². The summed E-state index contributed by atoms with van der Waals surface area (Å²) in [5.41, 5.74) is 0.161. The number of aliphatic hydroxyl groups is 1. The lowest BCUT2D eigenvalue weighted by atomic mass is 9.93. The fourth-order valence-corrected chi connectivity index (χ4v) is 1.33. The molecule has 1 aromatic carbocycles. The third kappa shape index (κ3) is 3.04. The van der Waals surface area contributed by atoms with E-state index in [4.69, 9.17) is 5.11 Å². The Kier molecular flexibility index (Phi) is 3.82. The van der Waals surface area contributed by atoms with Crippen molar-refractivity contribution in [2.24, 2.45) is 0 Å². The van der Waals surface area contributed by atoms with Gasteiger partial charge >= 0.3 is 5.97 Å². The zero-order valence-electron chi connectivity index (χ0n) is 8.60. The van der Waals surface area contributed by atoms with Gasteiger partial charge in [-0.05, 0) is 12.5 Å². The lowest BCUT2D eigenvalue weighted by Gasteiger charge is -2.28. The molecule has 0 amide bonds. The SMILES string of the molecule is CC(CO)(NCC(=O)O)c1ccccc1. The van der Waals surface area contributed by atoms with Gasteiger partial charge in [-0.2, -0.15) is 0 Å². The molecule has 82 valence electrons. The van der Waals surface area contributed by atoms with Crippen molar-refractivity contribution in [3.8, 4) is 0 Å². The maximum Gasteiger partial charge on any atom is 0.317 e. The van der Waals surface area contributed by atoms with Crippen LogP contribution in [0.5, 0.6) is 0 Å². The maximum absolute atomic E-state index is 10.4. The molecule has 15 heavy (non-hydrogen) atoms. The highest BCUT2D eigenvalue weighted by atomic mass is 16.4. The second-order valence-corrected chi connectivity index (χ2v) is 3.60. The number of aliphatic carboxylic acids is 1. The topological polar surface area (TPSA) is 69.6 Å². The molecular weight excluding hydrogens is 194 g/mol. The molecule has 0 aliphatic heterocycles. The third-order valence-electron chi connectivity index (χ3n) is 2.36. The second-order valence-electron chi connectivity index (χ2n) is 3.60. The Balaban J connectivity index is 2.80. The minimum absolute atomic E-state index is 0.149. The molecule has 0 spiro atoms. The number of nitrogens with one attached hydrogen (secondary N) is 1. The number of carboxylic acids is 1. The van der Waals surface area contributed by atoms with Crippen LogP contribution in [-0.2, 0) is 10.3 Å². The summed E-state index contributed by atoms with van der Waals surface area (Å²) in [6.07, 6.45) is 0. The zero-order valence-corrected chi connectivity index (χ0v) is 8.60. The van der Waals surface area contributed by atoms with E-state index in [1.807, 2.05) is 30.3 Å². The van der Waals surface area contributed by atoms with Crippen LogP contribution in [0.1, 0.15) is 12.5 Å². The number of rotatable bonds is 5. The molecule has 0 heterocycles. The van der Waals surface area contributed by atoms with Crippen molar-refractivity contribution in [1.82, 2.24) is 5.32 Å². The van der Waals surface area contributed by atoms with Gasteiger partial charge in [-0.15, -0.1) is 0 Å². The number of carbonyl (C=O) groups is 1. The van der Waals surface area contributed by atoms with Crippen molar-refractivity contribution >= 4 is 5.97 Å². The van der Waals surface area contributed by atoms with Gasteiger partial charge in [-0.3, -0.25) is 10.1 Å². The molecule has 1 atom stereocenters. The standard InChI is InChI=1S/C11H15NO3/c1-11(8-13,12-7-10(14)15)9-5-3-2-4-6-9/h2-6,12-13H,7-8H2,1H3,(H,14,15). The Morgan fingerprint density at radius 2 is 2.00 bits per heavy atom. The fourth-order valence-electron chi connectivity index (χ4n) is 1.33. The van der Waals surface area contributed by atoms with Crippen molar-refractivity contribution in [1.29, 1.82) is 0 Å². The van der Waals surface area contributed by atoms with E-state index in [-0.39, 0.29) is 13.2 Å². The summed E-state index contributed by atoms with van der Waals surface area (Å²) in [6, 6.07) is 9.28. The number of aliphatic hydroxyl groups excluding tert-OH is 1. The van der Waals surface area contributed by atoms with Crippen LogP contribution in [0.3, 0.4) is 0 Å². The highest BCUT2D eigenvalue weighted by molar-refractivity contribution is 5.69. The van der Waals surface area contributed by atoms with Crippen molar-refractivity contribution < 1.29 is 15.0 Å². The zero-order chi connectivity index (χ0) is 11.3. The third-order valence-corrected chi connectivity index (χ3v) is 2.36. The van der Waals surface area contributed by atoms with Crippen molar-refractivity contribution in [2.75, 3.05) is 13.2 Å². The Morgan fingerprint density at radius 1 is 1.40 bits per heavy atom. The molecule has 1 unspecified atom stereocenters.